The molecule has 0 aromatic carbocycles. The second-order valence-corrected chi connectivity index (χ2v) is 29.2. The van der Waals surface area contributed by atoms with Gasteiger partial charge in [-0.05, 0) is 209 Å². The number of aliphatic hydroxyl groups excluding tert-OH is 2. The van der Waals surface area contributed by atoms with E-state index in [1.54, 1.807) is 18.2 Å². The molecule has 9 fully saturated rings. The van der Waals surface area contributed by atoms with E-state index in [0.717, 1.165) is 95.8 Å². The second-order valence-electron chi connectivity index (χ2n) is 29.2. The zero-order chi connectivity index (χ0) is 57.1. The Labute approximate surface area is 471 Å². The Bertz CT molecular complexity index is 2510. The van der Waals surface area contributed by atoms with Crippen molar-refractivity contribution in [2.45, 2.75) is 194 Å². The fourth-order valence-corrected chi connectivity index (χ4v) is 22.5. The number of esters is 2. The third-order valence-corrected chi connectivity index (χ3v) is 26.8. The molecule has 3 aliphatic heterocycles. The van der Waals surface area contributed by atoms with Gasteiger partial charge in [-0.2, -0.15) is 0 Å². The summed E-state index contributed by atoms with van der Waals surface area (Å²) in [6.45, 7) is 14.0. The number of nitrogens with zero attached hydrogens (tertiary/aromatic N) is 3. The lowest BCUT2D eigenvalue weighted by Crippen LogP contribution is -2.60. The molecule has 23 atom stereocenters. The van der Waals surface area contributed by atoms with E-state index in [0.29, 0.717) is 71.8 Å². The number of fused-ring (bicyclic) bond motifs is 15. The zero-order valence-corrected chi connectivity index (χ0v) is 49.7. The average molecular weight is 1100 g/mol. The molecule has 79 heavy (non-hydrogen) atoms. The Kier molecular flexibility index (Phi) is 15.5. The number of ether oxygens (including phenoxy) is 2. The number of aliphatic carboxylic acids is 1. The molecule has 9 aliphatic carbocycles. The Hall–Kier alpha value is -4.04. The van der Waals surface area contributed by atoms with Gasteiger partial charge in [-0.1, -0.05) is 59.8 Å². The maximum absolute atomic E-state index is 12.2. The van der Waals surface area contributed by atoms with Crippen LogP contribution in [0, 0.1) is 104 Å². The van der Waals surface area contributed by atoms with Gasteiger partial charge in [0.15, 0.2) is 12.2 Å². The topological polar surface area (TPSA) is 191 Å². The Morgan fingerprint density at radius 2 is 0.848 bits per heavy atom. The van der Waals surface area contributed by atoms with Crippen LogP contribution >= 0.6 is 0 Å². The number of hydrogen-bond acceptors (Lipinski definition) is 10. The Morgan fingerprint density at radius 1 is 0.494 bits per heavy atom. The number of likely N-dealkylation sites (N-methyl/N-ethyl adjacent to an activating group) is 3. The van der Waals surface area contributed by atoms with Crippen molar-refractivity contribution in [1.29, 1.82) is 0 Å². The van der Waals surface area contributed by atoms with E-state index in [1.807, 2.05) is 35.8 Å². The van der Waals surface area contributed by atoms with Crippen LogP contribution in [0.2, 0.25) is 0 Å². The lowest BCUT2D eigenvalue weighted by molar-refractivity contribution is -0.160. The van der Waals surface area contributed by atoms with E-state index < -0.39 is 24.1 Å². The van der Waals surface area contributed by atoms with E-state index in [1.165, 1.54) is 39.9 Å². The molecule has 3 N–H and O–H groups in total. The Morgan fingerprint density at radius 3 is 1.22 bits per heavy atom. The number of carboxylic acid groups (broad SMARTS) is 1. The first kappa shape index (κ1) is 58.2. The molecule has 14 nitrogen and oxygen atoms in total. The van der Waals surface area contributed by atoms with Crippen molar-refractivity contribution in [3.63, 3.8) is 0 Å². The number of carboxylic acids is 1. The SMILES string of the molecule is CN1C(=O)C=C[C@]2(C)C3CC[C@]4(C)[C@@H](C(O)C(=O)O)CC[C@H]4C3CC[C@@H]12.COC(=O)C(O)[C@H]1CC[C@H]2C3CC[C@H]4N(C)C(=O)C=C[C@]4(C)C3CC[C@]12C.COC(=O)C[C@H]1CC[C@H]2C3CC[C@H]4N(C)C(=O)C=C[C@]4(C)C3CC[C@]12C. The summed E-state index contributed by atoms with van der Waals surface area (Å²) in [5.41, 5.74) is 0.342. The van der Waals surface area contributed by atoms with Gasteiger partial charge < -0.3 is 39.5 Å². The van der Waals surface area contributed by atoms with E-state index in [-0.39, 0.29) is 74.1 Å². The fraction of sp³-hybridized carbons (Fsp3) is 0.815. The number of hydrogen-bond donors (Lipinski definition) is 3. The van der Waals surface area contributed by atoms with Crippen LogP contribution in [0.4, 0.5) is 0 Å². The van der Waals surface area contributed by atoms with Crippen LogP contribution in [0.25, 0.3) is 0 Å². The maximum atomic E-state index is 12.2. The van der Waals surface area contributed by atoms with Crippen LogP contribution in [0.3, 0.4) is 0 Å². The summed E-state index contributed by atoms with van der Waals surface area (Å²) in [5.74, 6) is 4.47. The third kappa shape index (κ3) is 9.03. The molecule has 3 amide bonds. The standard InChI is InChI=1S/C22H33NO4.C22H33NO3.C21H31NO4/c1-21-11-9-15-13(14(21)6-7-16(21)19(25)20(26)27-4)5-8-17-22(15,2)12-10-18(24)23(17)3;1-21-11-9-17-15(16(21)7-5-14(21)13-20(25)26-4)6-8-18-22(17,2)12-10-19(24)23(18)3;1-20-10-8-14-12(13(20)5-6-15(20)18(24)19(25)26)4-7-16-21(14,2)11-9-17(23)22(16)3/h10,12-17,19,25H,5-9,11H2,1-4H3;10,12,14-18H,5-9,11,13H2,1-4H3;9,11-16,18,24H,4-8,10H2,1-3H3,(H,25,26)/t13?,14-,15?,16+,17+,19?,21-,22+;14-,15?,16+,17?,18-,21-,22-;12?,13-,14?,15+,16+,18?,20-,21+/m010/s1. The molecule has 9 saturated carbocycles. The van der Waals surface area contributed by atoms with Gasteiger partial charge in [-0.15, -0.1) is 0 Å². The number of rotatable bonds is 6. The highest BCUT2D eigenvalue weighted by Gasteiger charge is 2.65. The first-order valence-corrected chi connectivity index (χ1v) is 30.9. The van der Waals surface area contributed by atoms with Crippen molar-refractivity contribution < 1.29 is 53.6 Å². The fourth-order valence-electron chi connectivity index (χ4n) is 22.5. The molecule has 0 aromatic heterocycles. The highest BCUT2D eigenvalue weighted by Crippen LogP contribution is 2.69. The van der Waals surface area contributed by atoms with Gasteiger partial charge in [0.2, 0.25) is 17.7 Å². The van der Waals surface area contributed by atoms with Gasteiger partial charge in [-0.3, -0.25) is 19.2 Å². The molecule has 0 radical (unpaired) electrons. The summed E-state index contributed by atoms with van der Waals surface area (Å²) < 4.78 is 9.80. The number of carbonyl (C=O) groups excluding carboxylic acids is 5. The van der Waals surface area contributed by atoms with Crippen LogP contribution in [0.5, 0.6) is 0 Å². The largest absolute Gasteiger partial charge is 0.479 e. The maximum Gasteiger partial charge on any atom is 0.334 e. The molecule has 8 unspecified atom stereocenters. The first-order chi connectivity index (χ1) is 37.2. The van der Waals surface area contributed by atoms with E-state index in [2.05, 4.69) is 59.8 Å². The Balaban J connectivity index is 0.000000134. The van der Waals surface area contributed by atoms with Gasteiger partial charge in [0, 0.05) is 73.8 Å². The second kappa shape index (κ2) is 21.0. The molecule has 14 heteroatoms. The van der Waals surface area contributed by atoms with Crippen molar-refractivity contribution in [3.05, 3.63) is 36.5 Å². The van der Waals surface area contributed by atoms with Crippen molar-refractivity contribution in [1.82, 2.24) is 14.7 Å². The molecule has 3 heterocycles. The number of aliphatic hydroxyl groups is 2. The minimum Gasteiger partial charge on any atom is -0.479 e. The van der Waals surface area contributed by atoms with Crippen molar-refractivity contribution >= 4 is 35.6 Å². The van der Waals surface area contributed by atoms with Crippen LogP contribution in [-0.2, 0) is 38.2 Å². The van der Waals surface area contributed by atoms with Crippen molar-refractivity contribution in [2.24, 2.45) is 104 Å². The molecule has 0 aromatic rings. The monoisotopic (exact) mass is 1100 g/mol. The van der Waals surface area contributed by atoms with Crippen LogP contribution in [0.1, 0.15) is 164 Å². The van der Waals surface area contributed by atoms with Gasteiger partial charge in [0.05, 0.1) is 14.2 Å². The smallest absolute Gasteiger partial charge is 0.334 e. The average Bonchev–Trinajstić information content (AvgIpc) is 4.09. The predicted octanol–water partition coefficient (Wildman–Crippen LogP) is 9.27. The molecule has 12 aliphatic rings. The van der Waals surface area contributed by atoms with Crippen LogP contribution in [0.15, 0.2) is 36.5 Å². The van der Waals surface area contributed by atoms with E-state index in [4.69, 9.17) is 9.47 Å². The molecule has 0 spiro atoms. The van der Waals surface area contributed by atoms with Crippen LogP contribution < -0.4 is 0 Å². The van der Waals surface area contributed by atoms with E-state index in [9.17, 15) is 44.1 Å². The summed E-state index contributed by atoms with van der Waals surface area (Å²) in [5, 5.41) is 30.2. The quantitative estimate of drug-likeness (QED) is 0.215. The lowest BCUT2D eigenvalue weighted by atomic mass is 9.47. The van der Waals surface area contributed by atoms with Gasteiger partial charge in [0.25, 0.3) is 0 Å². The number of amides is 3. The number of methoxy groups -OCH3 is 2. The zero-order valence-electron chi connectivity index (χ0n) is 49.7. The lowest BCUT2D eigenvalue weighted by Gasteiger charge is -2.60. The summed E-state index contributed by atoms with van der Waals surface area (Å²) >= 11 is 0. The molecule has 0 bridgehead atoms. The number of carbonyl (C=O) groups is 6. The van der Waals surface area contributed by atoms with Crippen LogP contribution in [-0.4, -0.2) is 131 Å². The van der Waals surface area contributed by atoms with Gasteiger partial charge in [-0.25, -0.2) is 9.59 Å². The van der Waals surface area contributed by atoms with Crippen molar-refractivity contribution in [2.75, 3.05) is 35.4 Å². The highest BCUT2D eigenvalue weighted by molar-refractivity contribution is 5.90. The van der Waals surface area contributed by atoms with Gasteiger partial charge in [0.1, 0.15) is 0 Å². The third-order valence-electron chi connectivity index (χ3n) is 26.8. The normalized spacial score (nSPS) is 47.6. The van der Waals surface area contributed by atoms with Gasteiger partial charge >= 0.3 is 17.9 Å². The van der Waals surface area contributed by atoms with E-state index >= 15 is 0 Å². The molecule has 438 valence electrons. The van der Waals surface area contributed by atoms with Crippen molar-refractivity contribution in [3.8, 4) is 0 Å². The summed E-state index contributed by atoms with van der Waals surface area (Å²) in [6.07, 6.45) is 29.7. The summed E-state index contributed by atoms with van der Waals surface area (Å²) in [6, 6.07) is 0.906. The molecular weight excluding hydrogens is 999 g/mol. The highest BCUT2D eigenvalue weighted by atomic mass is 16.5. The summed E-state index contributed by atoms with van der Waals surface area (Å²) in [4.78, 5) is 77.6. The molecule has 12 rings (SSSR count). The minimum absolute atomic E-state index is 0.00191. The first-order valence-electron chi connectivity index (χ1n) is 30.9. The molecular formula is C65H97N3O11. The molecule has 0 saturated heterocycles. The minimum atomic E-state index is -1.24. The summed E-state index contributed by atoms with van der Waals surface area (Å²) in [7, 11) is 8.71. The predicted molar refractivity (Wildman–Crippen MR) is 299 cm³/mol.